The fraction of sp³-hybridized carbons (Fsp3) is 0.444. The molecule has 1 fully saturated rings. The molecule has 3 rings (SSSR count). The Balaban J connectivity index is 1.70. The van der Waals surface area contributed by atoms with E-state index in [0.29, 0.717) is 35.9 Å². The van der Waals surface area contributed by atoms with Crippen LogP contribution in [0.1, 0.15) is 26.3 Å². The van der Waals surface area contributed by atoms with Gasteiger partial charge in [-0.2, -0.15) is 0 Å². The predicted octanol–water partition coefficient (Wildman–Crippen LogP) is 2.66. The van der Waals surface area contributed by atoms with Gasteiger partial charge in [0.1, 0.15) is 11.6 Å². The number of morpholine rings is 1. The zero-order chi connectivity index (χ0) is 26.6. The number of anilines is 1. The third-order valence-electron chi connectivity index (χ3n) is 6.05. The maximum absolute atomic E-state index is 7.94. The van der Waals surface area contributed by atoms with E-state index in [0.717, 1.165) is 49.5 Å². The highest BCUT2D eigenvalue weighted by Crippen LogP contribution is 2.19. The van der Waals surface area contributed by atoms with Crippen molar-refractivity contribution < 1.29 is 9.47 Å². The highest BCUT2D eigenvalue weighted by molar-refractivity contribution is 6.08. The molecule has 10 nitrogen and oxygen atoms in total. The molecular formula is C27H40N8O2. The van der Waals surface area contributed by atoms with Crippen LogP contribution in [0.25, 0.3) is 16.6 Å². The van der Waals surface area contributed by atoms with E-state index in [1.165, 1.54) is 6.21 Å². The van der Waals surface area contributed by atoms with Gasteiger partial charge in [-0.05, 0) is 48.9 Å². The molecule has 2 aromatic heterocycles. The van der Waals surface area contributed by atoms with Crippen LogP contribution < -0.4 is 22.1 Å². The Morgan fingerprint density at radius 1 is 1.27 bits per heavy atom. The van der Waals surface area contributed by atoms with Crippen molar-refractivity contribution in [2.75, 3.05) is 51.3 Å². The third-order valence-corrected chi connectivity index (χ3v) is 6.05. The molecule has 1 unspecified atom stereocenters. The summed E-state index contributed by atoms with van der Waals surface area (Å²) in [5, 5.41) is 14.4. The molecule has 0 aromatic carbocycles. The van der Waals surface area contributed by atoms with Gasteiger partial charge in [0, 0.05) is 62.5 Å². The molecule has 1 aliphatic heterocycles. The highest BCUT2D eigenvalue weighted by atomic mass is 16.5. The lowest BCUT2D eigenvalue weighted by Gasteiger charge is -2.30. The van der Waals surface area contributed by atoms with Crippen molar-refractivity contribution in [2.24, 2.45) is 17.4 Å². The van der Waals surface area contributed by atoms with Gasteiger partial charge in [-0.1, -0.05) is 13.8 Å². The van der Waals surface area contributed by atoms with Crippen molar-refractivity contribution in [1.29, 1.82) is 5.41 Å². The van der Waals surface area contributed by atoms with E-state index in [2.05, 4.69) is 25.5 Å². The number of hydrogen-bond acceptors (Lipinski definition) is 10. The molecule has 2 aromatic rings. The van der Waals surface area contributed by atoms with E-state index in [4.69, 9.17) is 26.4 Å². The highest BCUT2D eigenvalue weighted by Gasteiger charge is 2.16. The molecule has 37 heavy (non-hydrogen) atoms. The second-order valence-electron chi connectivity index (χ2n) is 9.15. The fourth-order valence-electron chi connectivity index (χ4n) is 4.00. The SMILES string of the molecule is CCOC(CN/C=C(\C=N)c1cnc2ccc(N/C(N)=C/C(=C\N)C(C)C)nc2c1)CN1CCOCC1. The molecule has 0 spiro atoms. The Labute approximate surface area is 219 Å². The van der Waals surface area contributed by atoms with Crippen molar-refractivity contribution in [3.05, 3.63) is 59.8 Å². The minimum Gasteiger partial charge on any atom is -0.404 e. The van der Waals surface area contributed by atoms with Crippen LogP contribution in [0.5, 0.6) is 0 Å². The molecule has 1 atom stereocenters. The summed E-state index contributed by atoms with van der Waals surface area (Å²) in [5.41, 5.74) is 15.7. The lowest BCUT2D eigenvalue weighted by Crippen LogP contribution is -2.44. The van der Waals surface area contributed by atoms with Crippen LogP contribution in [0.2, 0.25) is 0 Å². The summed E-state index contributed by atoms with van der Waals surface area (Å²) < 4.78 is 11.4. The predicted molar refractivity (Wildman–Crippen MR) is 150 cm³/mol. The maximum atomic E-state index is 7.94. The molecule has 7 N–H and O–H groups in total. The summed E-state index contributed by atoms with van der Waals surface area (Å²) in [6, 6.07) is 5.63. The molecule has 0 saturated carbocycles. The molecule has 0 radical (unpaired) electrons. The molecule has 0 amide bonds. The summed E-state index contributed by atoms with van der Waals surface area (Å²) in [6.07, 6.45) is 8.29. The van der Waals surface area contributed by atoms with Gasteiger partial charge >= 0.3 is 0 Å². The van der Waals surface area contributed by atoms with Crippen LogP contribution in [-0.4, -0.2) is 73.2 Å². The van der Waals surface area contributed by atoms with Crippen molar-refractivity contribution in [3.8, 4) is 0 Å². The largest absolute Gasteiger partial charge is 0.404 e. The van der Waals surface area contributed by atoms with E-state index < -0.39 is 0 Å². The van der Waals surface area contributed by atoms with Crippen LogP contribution in [0.15, 0.2) is 54.3 Å². The van der Waals surface area contributed by atoms with Gasteiger partial charge in [0.2, 0.25) is 0 Å². The first-order valence-corrected chi connectivity index (χ1v) is 12.7. The Morgan fingerprint density at radius 3 is 2.73 bits per heavy atom. The number of nitrogens with zero attached hydrogens (tertiary/aromatic N) is 3. The molecule has 0 aliphatic carbocycles. The molecule has 1 saturated heterocycles. The first kappa shape index (κ1) is 28.1. The number of pyridine rings is 2. The van der Waals surface area contributed by atoms with Crippen LogP contribution in [-0.2, 0) is 9.47 Å². The van der Waals surface area contributed by atoms with Crippen molar-refractivity contribution in [1.82, 2.24) is 20.2 Å². The van der Waals surface area contributed by atoms with Crippen LogP contribution >= 0.6 is 0 Å². The van der Waals surface area contributed by atoms with Crippen molar-refractivity contribution in [3.63, 3.8) is 0 Å². The van der Waals surface area contributed by atoms with Gasteiger partial charge in [0.25, 0.3) is 0 Å². The van der Waals surface area contributed by atoms with Gasteiger partial charge in [-0.3, -0.25) is 9.88 Å². The number of nitrogens with one attached hydrogen (secondary N) is 3. The number of aromatic nitrogens is 2. The third kappa shape index (κ3) is 8.56. The minimum absolute atomic E-state index is 0.0419. The van der Waals surface area contributed by atoms with E-state index in [1.54, 1.807) is 18.5 Å². The molecule has 3 heterocycles. The topological polar surface area (TPSA) is 147 Å². The summed E-state index contributed by atoms with van der Waals surface area (Å²) in [7, 11) is 0. The molecule has 10 heteroatoms. The lowest BCUT2D eigenvalue weighted by atomic mass is 10.0. The lowest BCUT2D eigenvalue weighted by molar-refractivity contribution is -0.00717. The molecule has 0 bridgehead atoms. The van der Waals surface area contributed by atoms with Gasteiger partial charge in [-0.25, -0.2) is 4.98 Å². The zero-order valence-corrected chi connectivity index (χ0v) is 22.0. The summed E-state index contributed by atoms with van der Waals surface area (Å²) in [6.45, 7) is 11.6. The van der Waals surface area contributed by atoms with Gasteiger partial charge in [0.15, 0.2) is 0 Å². The number of allylic oxidation sites excluding steroid dienone is 3. The second-order valence-corrected chi connectivity index (χ2v) is 9.15. The van der Waals surface area contributed by atoms with E-state index in [-0.39, 0.29) is 12.0 Å². The number of ether oxygens (including phenoxy) is 2. The van der Waals surface area contributed by atoms with E-state index in [1.807, 2.05) is 45.2 Å². The number of fused-ring (bicyclic) bond motifs is 1. The van der Waals surface area contributed by atoms with Gasteiger partial charge in [-0.15, -0.1) is 0 Å². The Hall–Kier alpha value is -3.47. The van der Waals surface area contributed by atoms with Crippen LogP contribution in [0, 0.1) is 11.3 Å². The minimum atomic E-state index is 0.0419. The van der Waals surface area contributed by atoms with E-state index in [9.17, 15) is 0 Å². The number of nitrogens with two attached hydrogens (primary N) is 2. The average molecular weight is 509 g/mol. The standard InChI is InChI=1S/C27H40N8O2/c1-4-37-23(18-35-7-9-36-10-8-35)17-31-15-22(14-29)21-11-25-24(32-16-21)5-6-27(33-25)34-26(30)12-20(13-28)19(2)3/h5-6,11-16,19,23,29,31H,4,7-10,17-18,28,30H2,1-3H3,(H,33,34)/b20-13+,22-15+,26-12+,29-14?. The quantitative estimate of drug-likeness (QED) is 0.203. The zero-order valence-electron chi connectivity index (χ0n) is 22.0. The Bertz CT molecular complexity index is 1120. The van der Waals surface area contributed by atoms with Gasteiger partial charge in [0.05, 0.1) is 30.4 Å². The number of hydrogen-bond donors (Lipinski definition) is 5. The van der Waals surface area contributed by atoms with Crippen LogP contribution in [0.3, 0.4) is 0 Å². The van der Waals surface area contributed by atoms with Gasteiger partial charge < -0.3 is 37.0 Å². The first-order chi connectivity index (χ1) is 17.9. The monoisotopic (exact) mass is 508 g/mol. The normalized spacial score (nSPS) is 16.7. The fourth-order valence-corrected chi connectivity index (χ4v) is 4.00. The summed E-state index contributed by atoms with van der Waals surface area (Å²) >= 11 is 0. The van der Waals surface area contributed by atoms with Crippen molar-refractivity contribution >= 4 is 28.6 Å². The summed E-state index contributed by atoms with van der Waals surface area (Å²) in [5.74, 6) is 1.30. The van der Waals surface area contributed by atoms with Crippen LogP contribution in [0.4, 0.5) is 5.82 Å². The van der Waals surface area contributed by atoms with Crippen molar-refractivity contribution in [2.45, 2.75) is 26.9 Å². The second kappa shape index (κ2) is 14.3. The Morgan fingerprint density at radius 2 is 2.05 bits per heavy atom. The number of rotatable bonds is 13. The smallest absolute Gasteiger partial charge is 0.132 e. The molecule has 200 valence electrons. The molecular weight excluding hydrogens is 468 g/mol. The first-order valence-electron chi connectivity index (χ1n) is 12.7. The van der Waals surface area contributed by atoms with E-state index >= 15 is 0 Å². The molecule has 1 aliphatic rings. The Kier molecular flexibility index (Phi) is 10.9. The maximum Gasteiger partial charge on any atom is 0.132 e. The summed E-state index contributed by atoms with van der Waals surface area (Å²) in [4.78, 5) is 11.5. The average Bonchev–Trinajstić information content (AvgIpc) is 2.90.